The number of carboxylic acid groups (broad SMARTS) is 1. The van der Waals surface area contributed by atoms with Crippen LogP contribution in [0.15, 0.2) is 16.5 Å². The van der Waals surface area contributed by atoms with Gasteiger partial charge >= 0.3 is 5.97 Å². The van der Waals surface area contributed by atoms with E-state index < -0.39 is 5.97 Å². The van der Waals surface area contributed by atoms with E-state index in [0.717, 1.165) is 42.0 Å². The quantitative estimate of drug-likeness (QED) is 0.905. The van der Waals surface area contributed by atoms with Crippen LogP contribution in [0, 0.1) is 5.92 Å². The summed E-state index contributed by atoms with van der Waals surface area (Å²) in [4.78, 5) is 13.2. The molecule has 0 aromatic carbocycles. The number of hydrogen-bond donors (Lipinski definition) is 1. The second-order valence-electron chi connectivity index (χ2n) is 5.92. The summed E-state index contributed by atoms with van der Waals surface area (Å²) in [6.07, 6.45) is 1.45. The highest BCUT2D eigenvalue weighted by atomic mass is 32.2. The predicted octanol–water partition coefficient (Wildman–Crippen LogP) is 2.80. The highest BCUT2D eigenvalue weighted by Gasteiger charge is 2.36. The first kappa shape index (κ1) is 14.0. The largest absolute Gasteiger partial charge is 0.481 e. The third kappa shape index (κ3) is 3.20. The molecule has 110 valence electrons. The first-order valence-corrected chi connectivity index (χ1v) is 8.41. The summed E-state index contributed by atoms with van der Waals surface area (Å²) in [5, 5.41) is 9.00. The molecule has 0 radical (unpaired) electrons. The number of nitrogens with zero attached hydrogens (tertiary/aromatic N) is 1. The molecule has 20 heavy (non-hydrogen) atoms. The van der Waals surface area contributed by atoms with Crippen LogP contribution in [-0.4, -0.2) is 40.1 Å². The zero-order valence-electron chi connectivity index (χ0n) is 11.7. The van der Waals surface area contributed by atoms with Crippen LogP contribution >= 0.6 is 11.8 Å². The van der Waals surface area contributed by atoms with Gasteiger partial charge in [-0.2, -0.15) is 11.8 Å². The SMILES string of the molecule is CC1CC1c1ccc(CN2CCSCC2CC(=O)O)o1. The molecular formula is C15H21NO3S. The lowest BCUT2D eigenvalue weighted by Crippen LogP contribution is -2.42. The van der Waals surface area contributed by atoms with E-state index >= 15 is 0 Å². The predicted molar refractivity (Wildman–Crippen MR) is 79.0 cm³/mol. The average molecular weight is 295 g/mol. The highest BCUT2D eigenvalue weighted by Crippen LogP contribution is 2.47. The molecule has 0 amide bonds. The Morgan fingerprint density at radius 2 is 2.35 bits per heavy atom. The third-order valence-corrected chi connectivity index (χ3v) is 5.37. The molecule has 1 aliphatic carbocycles. The third-order valence-electron chi connectivity index (χ3n) is 4.28. The van der Waals surface area contributed by atoms with Gasteiger partial charge in [-0.1, -0.05) is 6.92 Å². The van der Waals surface area contributed by atoms with E-state index in [1.807, 2.05) is 11.8 Å². The van der Waals surface area contributed by atoms with Crippen molar-refractivity contribution in [2.75, 3.05) is 18.1 Å². The Morgan fingerprint density at radius 1 is 1.55 bits per heavy atom. The van der Waals surface area contributed by atoms with Gasteiger partial charge in [0.25, 0.3) is 0 Å². The van der Waals surface area contributed by atoms with Crippen molar-refractivity contribution in [3.05, 3.63) is 23.7 Å². The Kier molecular flexibility index (Phi) is 4.08. The molecular weight excluding hydrogens is 274 g/mol. The summed E-state index contributed by atoms with van der Waals surface area (Å²) in [5.74, 6) is 4.70. The van der Waals surface area contributed by atoms with Crippen molar-refractivity contribution in [2.45, 2.75) is 38.3 Å². The van der Waals surface area contributed by atoms with Gasteiger partial charge < -0.3 is 9.52 Å². The van der Waals surface area contributed by atoms with E-state index in [1.165, 1.54) is 6.42 Å². The van der Waals surface area contributed by atoms with Crippen molar-refractivity contribution < 1.29 is 14.3 Å². The van der Waals surface area contributed by atoms with Gasteiger partial charge in [0.2, 0.25) is 0 Å². The van der Waals surface area contributed by atoms with Gasteiger partial charge in [-0.25, -0.2) is 0 Å². The molecule has 1 aliphatic heterocycles. The molecule has 1 saturated heterocycles. The molecule has 0 spiro atoms. The number of aliphatic carboxylic acids is 1. The Morgan fingerprint density at radius 3 is 3.05 bits per heavy atom. The Balaban J connectivity index is 1.62. The second-order valence-corrected chi connectivity index (χ2v) is 7.07. The van der Waals surface area contributed by atoms with Crippen molar-refractivity contribution in [3.63, 3.8) is 0 Å². The van der Waals surface area contributed by atoms with Crippen LogP contribution in [0.5, 0.6) is 0 Å². The number of furan rings is 1. The van der Waals surface area contributed by atoms with E-state index in [4.69, 9.17) is 9.52 Å². The number of rotatable bonds is 5. The van der Waals surface area contributed by atoms with Gasteiger partial charge in [-0.3, -0.25) is 9.69 Å². The maximum absolute atomic E-state index is 10.9. The second kappa shape index (κ2) is 5.82. The summed E-state index contributed by atoms with van der Waals surface area (Å²) in [5.41, 5.74) is 0. The molecule has 2 heterocycles. The van der Waals surface area contributed by atoms with Crippen LogP contribution in [0.2, 0.25) is 0 Å². The first-order valence-electron chi connectivity index (χ1n) is 7.25. The lowest BCUT2D eigenvalue weighted by molar-refractivity contribution is -0.138. The van der Waals surface area contributed by atoms with E-state index in [0.29, 0.717) is 5.92 Å². The summed E-state index contributed by atoms with van der Waals surface area (Å²) in [6.45, 7) is 3.93. The molecule has 0 bridgehead atoms. The van der Waals surface area contributed by atoms with Crippen LogP contribution < -0.4 is 0 Å². The normalized spacial score (nSPS) is 30.4. The maximum Gasteiger partial charge on any atom is 0.304 e. The standard InChI is InChI=1S/C15H21NO3S/c1-10-6-13(10)14-3-2-12(19-14)8-16-4-5-20-9-11(16)7-15(17)18/h2-3,10-11,13H,4-9H2,1H3,(H,17,18). The lowest BCUT2D eigenvalue weighted by Gasteiger charge is -2.33. The van der Waals surface area contributed by atoms with E-state index in [9.17, 15) is 4.79 Å². The molecule has 1 aromatic heterocycles. The Bertz CT molecular complexity index is 487. The number of carbonyl (C=O) groups is 1. The van der Waals surface area contributed by atoms with Gasteiger partial charge in [-0.05, 0) is 24.5 Å². The fourth-order valence-corrected chi connectivity index (χ4v) is 4.02. The number of carboxylic acids is 1. The van der Waals surface area contributed by atoms with Gasteiger partial charge in [0.1, 0.15) is 11.5 Å². The molecule has 4 nitrogen and oxygen atoms in total. The summed E-state index contributed by atoms with van der Waals surface area (Å²) >= 11 is 1.84. The van der Waals surface area contributed by atoms with Crippen molar-refractivity contribution in [1.29, 1.82) is 0 Å². The average Bonchev–Trinajstić information content (AvgIpc) is 2.96. The zero-order chi connectivity index (χ0) is 14.1. The van der Waals surface area contributed by atoms with Crippen LogP contribution in [0.3, 0.4) is 0 Å². The smallest absolute Gasteiger partial charge is 0.304 e. The summed E-state index contributed by atoms with van der Waals surface area (Å²) < 4.78 is 5.94. The molecule has 3 unspecified atom stereocenters. The minimum atomic E-state index is -0.713. The Labute approximate surface area is 123 Å². The van der Waals surface area contributed by atoms with Crippen LogP contribution in [0.4, 0.5) is 0 Å². The molecule has 5 heteroatoms. The number of hydrogen-bond acceptors (Lipinski definition) is 4. The van der Waals surface area contributed by atoms with Gasteiger partial charge in [0.15, 0.2) is 0 Å². The van der Waals surface area contributed by atoms with Crippen molar-refractivity contribution in [3.8, 4) is 0 Å². The minimum absolute atomic E-state index is 0.125. The summed E-state index contributed by atoms with van der Waals surface area (Å²) in [7, 11) is 0. The summed E-state index contributed by atoms with van der Waals surface area (Å²) in [6, 6.07) is 4.27. The molecule has 1 N–H and O–H groups in total. The monoisotopic (exact) mass is 295 g/mol. The fourth-order valence-electron chi connectivity index (χ4n) is 2.88. The molecule has 1 aromatic rings. The lowest BCUT2D eigenvalue weighted by atomic mass is 10.2. The Hall–Kier alpha value is -0.940. The molecule has 3 rings (SSSR count). The van der Waals surface area contributed by atoms with Crippen molar-refractivity contribution >= 4 is 17.7 Å². The van der Waals surface area contributed by atoms with Gasteiger partial charge in [0, 0.05) is 30.0 Å². The molecule has 2 fully saturated rings. The van der Waals surface area contributed by atoms with Crippen LogP contribution in [0.25, 0.3) is 0 Å². The minimum Gasteiger partial charge on any atom is -0.481 e. The van der Waals surface area contributed by atoms with Crippen LogP contribution in [-0.2, 0) is 11.3 Å². The highest BCUT2D eigenvalue weighted by molar-refractivity contribution is 7.99. The zero-order valence-corrected chi connectivity index (χ0v) is 12.6. The van der Waals surface area contributed by atoms with E-state index in [-0.39, 0.29) is 12.5 Å². The van der Waals surface area contributed by atoms with E-state index in [2.05, 4.69) is 24.0 Å². The van der Waals surface area contributed by atoms with E-state index in [1.54, 1.807) is 0 Å². The van der Waals surface area contributed by atoms with Gasteiger partial charge in [-0.15, -0.1) is 0 Å². The van der Waals surface area contributed by atoms with Gasteiger partial charge in [0.05, 0.1) is 13.0 Å². The van der Waals surface area contributed by atoms with Crippen molar-refractivity contribution in [1.82, 2.24) is 4.90 Å². The number of thioether (sulfide) groups is 1. The van der Waals surface area contributed by atoms with Crippen molar-refractivity contribution in [2.24, 2.45) is 5.92 Å². The molecule has 3 atom stereocenters. The van der Waals surface area contributed by atoms with Crippen LogP contribution in [0.1, 0.15) is 37.2 Å². The maximum atomic E-state index is 10.9. The fraction of sp³-hybridized carbons (Fsp3) is 0.667. The first-order chi connectivity index (χ1) is 9.63. The molecule has 1 saturated carbocycles. The topological polar surface area (TPSA) is 53.7 Å². The molecule has 2 aliphatic rings.